The zero-order chi connectivity index (χ0) is 18.8. The molecule has 3 heterocycles. The largest absolute Gasteiger partial charge is 0.369 e. The molecule has 2 N–H and O–H groups in total. The molecule has 2 fully saturated rings. The maximum Gasteiger partial charge on any atom is 0.229 e. The SMILES string of the molecule is c1cc(N2CCNCC2)ccc1Nc1ncc2ccn(C3CCCCC3)c2n1. The third-order valence-electron chi connectivity index (χ3n) is 6.03. The van der Waals surface area contributed by atoms with E-state index in [4.69, 9.17) is 4.98 Å². The lowest BCUT2D eigenvalue weighted by Gasteiger charge is -2.29. The van der Waals surface area contributed by atoms with Crippen molar-refractivity contribution in [3.8, 4) is 0 Å². The van der Waals surface area contributed by atoms with Crippen LogP contribution in [0.5, 0.6) is 0 Å². The maximum atomic E-state index is 4.84. The molecule has 0 spiro atoms. The summed E-state index contributed by atoms with van der Waals surface area (Å²) in [5, 5.41) is 7.89. The minimum Gasteiger partial charge on any atom is -0.369 e. The molecule has 5 rings (SSSR count). The molecule has 0 radical (unpaired) electrons. The first-order valence-electron chi connectivity index (χ1n) is 10.5. The molecule has 6 heteroatoms. The zero-order valence-corrected chi connectivity index (χ0v) is 16.3. The quantitative estimate of drug-likeness (QED) is 0.718. The van der Waals surface area contributed by atoms with Crippen molar-refractivity contribution in [2.24, 2.45) is 0 Å². The number of anilines is 3. The van der Waals surface area contributed by atoms with Gasteiger partial charge in [0.25, 0.3) is 0 Å². The molecule has 1 saturated carbocycles. The Balaban J connectivity index is 1.34. The summed E-state index contributed by atoms with van der Waals surface area (Å²) in [6, 6.07) is 11.3. The van der Waals surface area contributed by atoms with E-state index in [2.05, 4.69) is 61.6 Å². The summed E-state index contributed by atoms with van der Waals surface area (Å²) >= 11 is 0. The number of rotatable bonds is 4. The van der Waals surface area contributed by atoms with E-state index >= 15 is 0 Å². The first kappa shape index (κ1) is 17.5. The van der Waals surface area contributed by atoms with Gasteiger partial charge in [-0.15, -0.1) is 0 Å². The highest BCUT2D eigenvalue weighted by Crippen LogP contribution is 2.31. The molecule has 28 heavy (non-hydrogen) atoms. The van der Waals surface area contributed by atoms with Gasteiger partial charge >= 0.3 is 0 Å². The van der Waals surface area contributed by atoms with Crippen LogP contribution in [-0.2, 0) is 0 Å². The first-order chi connectivity index (χ1) is 13.9. The lowest BCUT2D eigenvalue weighted by Crippen LogP contribution is -2.43. The van der Waals surface area contributed by atoms with Crippen LogP contribution in [0.2, 0.25) is 0 Å². The molecule has 6 nitrogen and oxygen atoms in total. The van der Waals surface area contributed by atoms with Crippen molar-refractivity contribution in [2.45, 2.75) is 38.1 Å². The van der Waals surface area contributed by atoms with Crippen molar-refractivity contribution < 1.29 is 0 Å². The van der Waals surface area contributed by atoms with E-state index in [1.807, 2.05) is 6.20 Å². The van der Waals surface area contributed by atoms with Gasteiger partial charge in [0, 0.05) is 61.4 Å². The Morgan fingerprint density at radius 3 is 2.54 bits per heavy atom. The summed E-state index contributed by atoms with van der Waals surface area (Å²) in [7, 11) is 0. The number of hydrogen-bond acceptors (Lipinski definition) is 5. The molecule has 146 valence electrons. The Hall–Kier alpha value is -2.60. The summed E-state index contributed by atoms with van der Waals surface area (Å²) < 4.78 is 2.36. The van der Waals surface area contributed by atoms with Gasteiger partial charge in [-0.2, -0.15) is 4.98 Å². The molecular formula is C22H28N6. The Kier molecular flexibility index (Phi) is 4.87. The molecule has 0 amide bonds. The van der Waals surface area contributed by atoms with Crippen molar-refractivity contribution >= 4 is 28.4 Å². The van der Waals surface area contributed by atoms with Gasteiger partial charge in [-0.1, -0.05) is 19.3 Å². The number of hydrogen-bond donors (Lipinski definition) is 2. The van der Waals surface area contributed by atoms with Crippen molar-refractivity contribution in [2.75, 3.05) is 36.4 Å². The Bertz CT molecular complexity index is 920. The second-order valence-corrected chi connectivity index (χ2v) is 7.90. The monoisotopic (exact) mass is 376 g/mol. The van der Waals surface area contributed by atoms with E-state index in [1.165, 1.54) is 37.8 Å². The molecule has 0 bridgehead atoms. The molecule has 3 aromatic rings. The summed E-state index contributed by atoms with van der Waals surface area (Å²) in [4.78, 5) is 11.8. The summed E-state index contributed by atoms with van der Waals surface area (Å²) in [5.74, 6) is 0.665. The summed E-state index contributed by atoms with van der Waals surface area (Å²) in [6.07, 6.45) is 10.6. The van der Waals surface area contributed by atoms with E-state index < -0.39 is 0 Å². The molecule has 2 aliphatic rings. The third kappa shape index (κ3) is 3.56. The smallest absolute Gasteiger partial charge is 0.229 e. The highest BCUT2D eigenvalue weighted by molar-refractivity contribution is 5.77. The molecule has 1 aliphatic heterocycles. The van der Waals surface area contributed by atoms with Crippen molar-refractivity contribution in [3.63, 3.8) is 0 Å². The topological polar surface area (TPSA) is 58.0 Å². The highest BCUT2D eigenvalue weighted by atomic mass is 15.2. The second kappa shape index (κ2) is 7.80. The van der Waals surface area contributed by atoms with Crippen molar-refractivity contribution in [3.05, 3.63) is 42.7 Å². The van der Waals surface area contributed by atoms with E-state index in [0.29, 0.717) is 12.0 Å². The van der Waals surface area contributed by atoms with Gasteiger partial charge in [-0.05, 0) is 43.2 Å². The fourth-order valence-electron chi connectivity index (χ4n) is 4.46. The van der Waals surface area contributed by atoms with Crippen molar-refractivity contribution in [1.29, 1.82) is 0 Å². The van der Waals surface area contributed by atoms with Gasteiger partial charge in [-0.3, -0.25) is 0 Å². The van der Waals surface area contributed by atoms with Crippen LogP contribution in [0.4, 0.5) is 17.3 Å². The lowest BCUT2D eigenvalue weighted by molar-refractivity contribution is 0.359. The number of piperazine rings is 1. The van der Waals surface area contributed by atoms with E-state index in [-0.39, 0.29) is 0 Å². The third-order valence-corrected chi connectivity index (χ3v) is 6.03. The fourth-order valence-corrected chi connectivity index (χ4v) is 4.46. The maximum absolute atomic E-state index is 4.84. The van der Waals surface area contributed by atoms with Crippen LogP contribution >= 0.6 is 0 Å². The Morgan fingerprint density at radius 2 is 1.75 bits per heavy atom. The molecule has 2 aromatic heterocycles. The molecule has 0 unspecified atom stereocenters. The van der Waals surface area contributed by atoms with Gasteiger partial charge < -0.3 is 20.1 Å². The van der Waals surface area contributed by atoms with Crippen LogP contribution in [-0.4, -0.2) is 40.7 Å². The number of aromatic nitrogens is 3. The Morgan fingerprint density at radius 1 is 0.964 bits per heavy atom. The van der Waals surface area contributed by atoms with Crippen LogP contribution in [0.25, 0.3) is 11.0 Å². The first-order valence-corrected chi connectivity index (χ1v) is 10.5. The number of nitrogens with one attached hydrogen (secondary N) is 2. The number of nitrogens with zero attached hydrogens (tertiary/aromatic N) is 4. The highest BCUT2D eigenvalue weighted by Gasteiger charge is 2.18. The van der Waals surface area contributed by atoms with Gasteiger partial charge in [0.15, 0.2) is 0 Å². The second-order valence-electron chi connectivity index (χ2n) is 7.90. The zero-order valence-electron chi connectivity index (χ0n) is 16.3. The standard InChI is InChI=1S/C22H28N6/c1-2-4-20(5-3-1)28-13-10-17-16-24-22(26-21(17)28)25-18-6-8-19(9-7-18)27-14-11-23-12-15-27/h6-10,13,16,20,23H,1-5,11-12,14-15H2,(H,24,25,26). The van der Waals surface area contributed by atoms with Crippen LogP contribution in [0.1, 0.15) is 38.1 Å². The lowest BCUT2D eigenvalue weighted by atomic mass is 9.95. The van der Waals surface area contributed by atoms with Crippen LogP contribution in [0, 0.1) is 0 Å². The molecule has 1 aromatic carbocycles. The minimum atomic E-state index is 0.576. The molecule has 1 aliphatic carbocycles. The van der Waals surface area contributed by atoms with E-state index in [0.717, 1.165) is 42.9 Å². The van der Waals surface area contributed by atoms with E-state index in [9.17, 15) is 0 Å². The van der Waals surface area contributed by atoms with Crippen LogP contribution < -0.4 is 15.5 Å². The van der Waals surface area contributed by atoms with Gasteiger partial charge in [0.2, 0.25) is 5.95 Å². The minimum absolute atomic E-state index is 0.576. The molecule has 1 saturated heterocycles. The van der Waals surface area contributed by atoms with Gasteiger partial charge in [0.05, 0.1) is 0 Å². The summed E-state index contributed by atoms with van der Waals surface area (Å²) in [6.45, 7) is 4.22. The predicted octanol–water partition coefficient (Wildman–Crippen LogP) is 4.09. The molecule has 0 atom stereocenters. The average Bonchev–Trinajstić information content (AvgIpc) is 3.19. The van der Waals surface area contributed by atoms with E-state index in [1.54, 1.807) is 0 Å². The Labute approximate surface area is 166 Å². The number of benzene rings is 1. The van der Waals surface area contributed by atoms with Gasteiger partial charge in [0.1, 0.15) is 5.65 Å². The molecular weight excluding hydrogens is 348 g/mol. The van der Waals surface area contributed by atoms with Crippen LogP contribution in [0.15, 0.2) is 42.7 Å². The predicted molar refractivity (Wildman–Crippen MR) is 114 cm³/mol. The van der Waals surface area contributed by atoms with Crippen molar-refractivity contribution in [1.82, 2.24) is 19.9 Å². The average molecular weight is 377 g/mol. The fraction of sp³-hybridized carbons (Fsp3) is 0.455. The summed E-state index contributed by atoms with van der Waals surface area (Å²) in [5.41, 5.74) is 3.34. The normalized spacial score (nSPS) is 18.5. The van der Waals surface area contributed by atoms with Gasteiger partial charge in [-0.25, -0.2) is 4.98 Å². The number of fused-ring (bicyclic) bond motifs is 1. The van der Waals surface area contributed by atoms with Crippen LogP contribution in [0.3, 0.4) is 0 Å².